The first-order valence-electron chi connectivity index (χ1n) is 7.37. The maximum atomic E-state index is 12.5. The highest BCUT2D eigenvalue weighted by Gasteiger charge is 2.33. The molecular weight excluding hydrogens is 392 g/mol. The number of carboxylic acid groups (broad SMARTS) is 1. The highest BCUT2D eigenvalue weighted by atomic mass is 32.2. The second-order valence-electron chi connectivity index (χ2n) is 5.18. The number of carboxylic acids is 1. The number of hydrogen-bond donors (Lipinski definition) is 2. The highest BCUT2D eigenvalue weighted by molar-refractivity contribution is 8.26. The lowest BCUT2D eigenvalue weighted by molar-refractivity contribution is -0.126. The predicted molar refractivity (Wildman–Crippen MR) is 106 cm³/mol. The molecule has 9 heteroatoms. The Labute approximate surface area is 162 Å². The van der Waals surface area contributed by atoms with Crippen molar-refractivity contribution < 1.29 is 19.5 Å². The Kier molecular flexibility index (Phi) is 5.50. The molecule has 2 amide bonds. The zero-order chi connectivity index (χ0) is 18.7. The molecule has 0 aliphatic carbocycles. The number of nitrogens with zero attached hydrogens (tertiary/aromatic N) is 1. The molecule has 132 valence electrons. The van der Waals surface area contributed by atoms with E-state index in [4.69, 9.17) is 17.3 Å². The molecule has 1 aliphatic rings. The van der Waals surface area contributed by atoms with Gasteiger partial charge in [0.25, 0.3) is 5.91 Å². The summed E-state index contributed by atoms with van der Waals surface area (Å²) in [7, 11) is 0. The Morgan fingerprint density at radius 1 is 1.23 bits per heavy atom. The number of para-hydroxylation sites is 1. The van der Waals surface area contributed by atoms with Crippen LogP contribution in [0.25, 0.3) is 6.08 Å². The first kappa shape index (κ1) is 18.3. The van der Waals surface area contributed by atoms with Crippen LogP contribution < -0.4 is 5.32 Å². The minimum Gasteiger partial charge on any atom is -0.478 e. The first-order valence-corrected chi connectivity index (χ1v) is 9.47. The van der Waals surface area contributed by atoms with Crippen molar-refractivity contribution in [1.29, 1.82) is 0 Å². The number of thioether (sulfide) groups is 1. The van der Waals surface area contributed by atoms with Gasteiger partial charge in [-0.2, -0.15) is 0 Å². The third-order valence-electron chi connectivity index (χ3n) is 3.42. The van der Waals surface area contributed by atoms with Crippen LogP contribution in [0.1, 0.15) is 15.2 Å². The fourth-order valence-corrected chi connectivity index (χ4v) is 4.23. The quantitative estimate of drug-likeness (QED) is 0.587. The lowest BCUT2D eigenvalue weighted by Crippen LogP contribution is -2.36. The molecule has 0 bridgehead atoms. The van der Waals surface area contributed by atoms with Gasteiger partial charge >= 0.3 is 5.97 Å². The number of thiocarbonyl (C=S) groups is 1. The summed E-state index contributed by atoms with van der Waals surface area (Å²) in [4.78, 5) is 38.5. The van der Waals surface area contributed by atoms with E-state index in [2.05, 4.69) is 5.32 Å². The number of carbonyl (C=O) groups is 3. The summed E-state index contributed by atoms with van der Waals surface area (Å²) in [6.45, 7) is -0.277. The number of thiophene rings is 1. The van der Waals surface area contributed by atoms with Crippen molar-refractivity contribution in [3.63, 3.8) is 0 Å². The lowest BCUT2D eigenvalue weighted by Gasteiger charge is -2.15. The van der Waals surface area contributed by atoms with Crippen molar-refractivity contribution in [3.05, 3.63) is 57.1 Å². The van der Waals surface area contributed by atoms with Gasteiger partial charge in [0.15, 0.2) is 0 Å². The van der Waals surface area contributed by atoms with E-state index in [-0.39, 0.29) is 23.7 Å². The van der Waals surface area contributed by atoms with E-state index in [0.717, 1.165) is 16.6 Å². The van der Waals surface area contributed by atoms with Crippen LogP contribution in [-0.4, -0.2) is 38.7 Å². The summed E-state index contributed by atoms with van der Waals surface area (Å²) in [5.41, 5.74) is 0.147. The molecule has 2 N–H and O–H groups in total. The lowest BCUT2D eigenvalue weighted by atomic mass is 10.2. The Balaban J connectivity index is 1.71. The first-order chi connectivity index (χ1) is 12.5. The molecule has 6 nitrogen and oxygen atoms in total. The van der Waals surface area contributed by atoms with Crippen LogP contribution in [0.3, 0.4) is 0 Å². The van der Waals surface area contributed by atoms with Gasteiger partial charge in [0.05, 0.1) is 16.2 Å². The Bertz CT molecular complexity index is 922. The van der Waals surface area contributed by atoms with Crippen molar-refractivity contribution >= 4 is 69.2 Å². The van der Waals surface area contributed by atoms with Crippen molar-refractivity contribution in [2.45, 2.75) is 0 Å². The number of hydrogen-bond acceptors (Lipinski definition) is 6. The van der Waals surface area contributed by atoms with Gasteiger partial charge in [0.2, 0.25) is 5.91 Å². The second kappa shape index (κ2) is 7.81. The summed E-state index contributed by atoms with van der Waals surface area (Å²) >= 11 is 7.83. The smallest absolute Gasteiger partial charge is 0.337 e. The maximum absolute atomic E-state index is 12.5. The minimum atomic E-state index is -1.15. The van der Waals surface area contributed by atoms with Gasteiger partial charge in [-0.3, -0.25) is 14.5 Å². The monoisotopic (exact) mass is 404 g/mol. The molecule has 0 atom stereocenters. The second-order valence-corrected chi connectivity index (χ2v) is 7.84. The van der Waals surface area contributed by atoms with Gasteiger partial charge < -0.3 is 10.4 Å². The third-order valence-corrected chi connectivity index (χ3v) is 5.62. The largest absolute Gasteiger partial charge is 0.478 e. The van der Waals surface area contributed by atoms with Crippen molar-refractivity contribution in [1.82, 2.24) is 4.90 Å². The van der Waals surface area contributed by atoms with Crippen molar-refractivity contribution in [3.8, 4) is 0 Å². The molecule has 0 unspecified atom stereocenters. The van der Waals surface area contributed by atoms with Gasteiger partial charge in [0, 0.05) is 4.88 Å². The molecule has 26 heavy (non-hydrogen) atoms. The van der Waals surface area contributed by atoms with Crippen LogP contribution in [0.2, 0.25) is 0 Å². The number of amides is 2. The highest BCUT2D eigenvalue weighted by Crippen LogP contribution is 2.33. The van der Waals surface area contributed by atoms with E-state index in [1.165, 1.54) is 28.4 Å². The van der Waals surface area contributed by atoms with Crippen LogP contribution in [-0.2, 0) is 9.59 Å². The van der Waals surface area contributed by atoms with Crippen LogP contribution in [0.15, 0.2) is 46.7 Å². The number of nitrogens with one attached hydrogen (secondary N) is 1. The summed E-state index contributed by atoms with van der Waals surface area (Å²) < 4.78 is 0.291. The molecular formula is C17H12N2O4S3. The zero-order valence-corrected chi connectivity index (χ0v) is 15.6. The van der Waals surface area contributed by atoms with Gasteiger partial charge in [0.1, 0.15) is 10.9 Å². The van der Waals surface area contributed by atoms with Gasteiger partial charge in [-0.1, -0.05) is 42.2 Å². The average Bonchev–Trinajstić information content (AvgIpc) is 3.19. The molecule has 0 saturated carbocycles. The van der Waals surface area contributed by atoms with Crippen molar-refractivity contribution in [2.24, 2.45) is 0 Å². The normalized spacial score (nSPS) is 15.5. The van der Waals surface area contributed by atoms with E-state index >= 15 is 0 Å². The Morgan fingerprint density at radius 3 is 2.69 bits per heavy atom. The van der Waals surface area contributed by atoms with E-state index in [1.807, 2.05) is 17.5 Å². The van der Waals surface area contributed by atoms with Crippen LogP contribution in [0.5, 0.6) is 0 Å². The van der Waals surface area contributed by atoms with Crippen LogP contribution in [0.4, 0.5) is 5.69 Å². The van der Waals surface area contributed by atoms with Crippen LogP contribution >= 0.6 is 35.3 Å². The third kappa shape index (κ3) is 4.01. The van der Waals surface area contributed by atoms with E-state index in [0.29, 0.717) is 9.23 Å². The fourth-order valence-electron chi connectivity index (χ4n) is 2.25. The molecule has 2 heterocycles. The fraction of sp³-hybridized carbons (Fsp3) is 0.0588. The molecule has 1 saturated heterocycles. The standard InChI is InChI=1S/C17H12N2O4S3/c20-14(18-12-6-2-1-5-11(12)16(22)23)9-19-15(21)13(26-17(19)24)8-10-4-3-7-25-10/h1-8H,9H2,(H,18,20)(H,22,23)/b13-8-. The van der Waals surface area contributed by atoms with Gasteiger partial charge in [-0.15, -0.1) is 11.3 Å². The van der Waals surface area contributed by atoms with Gasteiger partial charge in [-0.05, 0) is 29.7 Å². The van der Waals surface area contributed by atoms with Crippen LogP contribution in [0, 0.1) is 0 Å². The predicted octanol–water partition coefficient (Wildman–Crippen LogP) is 3.29. The molecule has 1 aromatic carbocycles. The molecule has 1 fully saturated rings. The van der Waals surface area contributed by atoms with E-state index in [1.54, 1.807) is 18.2 Å². The Morgan fingerprint density at radius 2 is 2.00 bits per heavy atom. The number of aromatic carboxylic acids is 1. The number of rotatable bonds is 5. The van der Waals surface area contributed by atoms with E-state index in [9.17, 15) is 14.4 Å². The summed E-state index contributed by atoms with van der Waals surface area (Å²) in [6.07, 6.45) is 1.74. The number of benzene rings is 1. The summed E-state index contributed by atoms with van der Waals surface area (Å²) in [5.74, 6) is -2.01. The van der Waals surface area contributed by atoms with E-state index < -0.39 is 11.9 Å². The number of anilines is 1. The molecule has 2 aromatic rings. The molecule has 1 aromatic heterocycles. The summed E-state index contributed by atoms with van der Waals surface area (Å²) in [5, 5.41) is 13.6. The van der Waals surface area contributed by atoms with Crippen molar-refractivity contribution in [2.75, 3.05) is 11.9 Å². The maximum Gasteiger partial charge on any atom is 0.337 e. The average molecular weight is 404 g/mol. The Hall–Kier alpha value is -2.49. The summed E-state index contributed by atoms with van der Waals surface area (Å²) in [6, 6.07) is 9.82. The zero-order valence-electron chi connectivity index (χ0n) is 13.2. The van der Waals surface area contributed by atoms with Gasteiger partial charge in [-0.25, -0.2) is 4.79 Å². The molecule has 1 aliphatic heterocycles. The molecule has 3 rings (SSSR count). The molecule has 0 radical (unpaired) electrons. The minimum absolute atomic E-state index is 0.0242. The molecule has 0 spiro atoms. The number of carbonyl (C=O) groups excluding carboxylic acids is 2. The topological polar surface area (TPSA) is 86.7 Å². The SMILES string of the molecule is O=C(CN1C(=O)/C(=C/c2cccs2)SC1=S)Nc1ccccc1C(=O)O.